The Hall–Kier alpha value is -1.66. The minimum Gasteiger partial charge on any atom is -0.286 e. The van der Waals surface area contributed by atoms with E-state index in [2.05, 4.69) is 30.6 Å². The monoisotopic (exact) mass is 216 g/mol. The molecule has 0 aliphatic carbocycles. The predicted octanol–water partition coefficient (Wildman–Crippen LogP) is -0.178. The summed E-state index contributed by atoms with van der Waals surface area (Å²) in [5, 5.41) is 6.40. The molecule has 2 aliphatic heterocycles. The SMILES string of the molecule is C1=NC(c2ccnc(C3N=CCN3)n2)NC1. The molecule has 82 valence electrons. The van der Waals surface area contributed by atoms with Crippen molar-refractivity contribution in [2.75, 3.05) is 13.1 Å². The highest BCUT2D eigenvalue weighted by Crippen LogP contribution is 2.17. The molecule has 0 fully saturated rings. The summed E-state index contributed by atoms with van der Waals surface area (Å²) in [5.41, 5.74) is 0.891. The van der Waals surface area contributed by atoms with Gasteiger partial charge in [0.05, 0.1) is 5.69 Å². The molecule has 1 aromatic heterocycles. The highest BCUT2D eigenvalue weighted by atomic mass is 15.2. The van der Waals surface area contributed by atoms with Gasteiger partial charge in [-0.3, -0.25) is 20.6 Å². The first-order valence-electron chi connectivity index (χ1n) is 5.26. The van der Waals surface area contributed by atoms with Crippen molar-refractivity contribution in [3.8, 4) is 0 Å². The Labute approximate surface area is 92.9 Å². The highest BCUT2D eigenvalue weighted by Gasteiger charge is 2.19. The second kappa shape index (κ2) is 4.07. The largest absolute Gasteiger partial charge is 0.286 e. The molecule has 16 heavy (non-hydrogen) atoms. The quantitative estimate of drug-likeness (QED) is 0.719. The molecule has 2 atom stereocenters. The van der Waals surface area contributed by atoms with Crippen LogP contribution in [0.25, 0.3) is 0 Å². The average Bonchev–Trinajstić information content (AvgIpc) is 3.03. The lowest BCUT2D eigenvalue weighted by Crippen LogP contribution is -2.20. The van der Waals surface area contributed by atoms with Crippen molar-refractivity contribution in [3.63, 3.8) is 0 Å². The van der Waals surface area contributed by atoms with Crippen molar-refractivity contribution in [1.29, 1.82) is 0 Å². The fourth-order valence-corrected chi connectivity index (χ4v) is 1.76. The van der Waals surface area contributed by atoms with Crippen LogP contribution in [-0.4, -0.2) is 35.5 Å². The summed E-state index contributed by atoms with van der Waals surface area (Å²) in [6.07, 6.45) is 5.31. The van der Waals surface area contributed by atoms with E-state index in [-0.39, 0.29) is 12.3 Å². The van der Waals surface area contributed by atoms with E-state index in [1.165, 1.54) is 0 Å². The zero-order chi connectivity index (χ0) is 10.8. The average molecular weight is 216 g/mol. The first-order chi connectivity index (χ1) is 7.93. The number of rotatable bonds is 2. The molecule has 2 aliphatic rings. The molecule has 0 amide bonds. The number of hydrogen-bond donors (Lipinski definition) is 2. The molecule has 0 bridgehead atoms. The Morgan fingerprint density at radius 3 is 2.50 bits per heavy atom. The normalized spacial score (nSPS) is 27.8. The van der Waals surface area contributed by atoms with Crippen LogP contribution in [0.2, 0.25) is 0 Å². The Morgan fingerprint density at radius 2 is 1.81 bits per heavy atom. The maximum atomic E-state index is 4.47. The van der Waals surface area contributed by atoms with Gasteiger partial charge in [0, 0.05) is 31.7 Å². The Bertz CT molecular complexity index is 403. The molecule has 3 rings (SSSR count). The van der Waals surface area contributed by atoms with Crippen LogP contribution in [0.1, 0.15) is 23.8 Å². The molecule has 0 spiro atoms. The van der Waals surface area contributed by atoms with Gasteiger partial charge in [-0.15, -0.1) is 0 Å². The van der Waals surface area contributed by atoms with Crippen LogP contribution >= 0.6 is 0 Å². The molecule has 2 unspecified atom stereocenters. The Balaban J connectivity index is 1.87. The first-order valence-corrected chi connectivity index (χ1v) is 5.26. The van der Waals surface area contributed by atoms with Crippen LogP contribution in [0.4, 0.5) is 0 Å². The molecule has 1 aromatic rings. The van der Waals surface area contributed by atoms with E-state index in [9.17, 15) is 0 Å². The molecular formula is C10H12N6. The van der Waals surface area contributed by atoms with E-state index < -0.39 is 0 Å². The number of aliphatic imine (C=N–C) groups is 2. The third-order valence-electron chi connectivity index (χ3n) is 2.53. The summed E-state index contributed by atoms with van der Waals surface area (Å²) in [6, 6.07) is 1.88. The van der Waals surface area contributed by atoms with Crippen molar-refractivity contribution < 1.29 is 0 Å². The second-order valence-corrected chi connectivity index (χ2v) is 3.62. The molecule has 0 radical (unpaired) electrons. The van der Waals surface area contributed by atoms with Gasteiger partial charge >= 0.3 is 0 Å². The van der Waals surface area contributed by atoms with Crippen molar-refractivity contribution in [3.05, 3.63) is 23.8 Å². The summed E-state index contributed by atoms with van der Waals surface area (Å²) in [6.45, 7) is 1.57. The van der Waals surface area contributed by atoms with Gasteiger partial charge in [0.25, 0.3) is 0 Å². The van der Waals surface area contributed by atoms with Gasteiger partial charge in [-0.1, -0.05) is 0 Å². The van der Waals surface area contributed by atoms with Gasteiger partial charge in [0.15, 0.2) is 12.0 Å². The fraction of sp³-hybridized carbons (Fsp3) is 0.400. The molecule has 0 saturated carbocycles. The lowest BCUT2D eigenvalue weighted by molar-refractivity contribution is 0.574. The molecule has 6 nitrogen and oxygen atoms in total. The van der Waals surface area contributed by atoms with Gasteiger partial charge in [0.1, 0.15) is 6.17 Å². The van der Waals surface area contributed by atoms with Crippen LogP contribution < -0.4 is 10.6 Å². The van der Waals surface area contributed by atoms with Crippen LogP contribution in [0, 0.1) is 0 Å². The minimum absolute atomic E-state index is 0.0351. The zero-order valence-electron chi connectivity index (χ0n) is 8.67. The Morgan fingerprint density at radius 1 is 1.06 bits per heavy atom. The number of hydrogen-bond acceptors (Lipinski definition) is 6. The van der Waals surface area contributed by atoms with E-state index >= 15 is 0 Å². The molecule has 0 aromatic carbocycles. The smallest absolute Gasteiger partial charge is 0.168 e. The molecule has 2 N–H and O–H groups in total. The number of aromatic nitrogens is 2. The predicted molar refractivity (Wildman–Crippen MR) is 60.5 cm³/mol. The van der Waals surface area contributed by atoms with Crippen molar-refractivity contribution in [2.45, 2.75) is 12.3 Å². The lowest BCUT2D eigenvalue weighted by atomic mass is 10.3. The number of nitrogens with zero attached hydrogens (tertiary/aromatic N) is 4. The second-order valence-electron chi connectivity index (χ2n) is 3.62. The van der Waals surface area contributed by atoms with Crippen LogP contribution in [0.3, 0.4) is 0 Å². The molecule has 0 saturated heterocycles. The summed E-state index contributed by atoms with van der Waals surface area (Å²) >= 11 is 0. The molecule has 6 heteroatoms. The van der Waals surface area contributed by atoms with E-state index in [1.54, 1.807) is 6.20 Å². The third kappa shape index (κ3) is 1.72. The fourth-order valence-electron chi connectivity index (χ4n) is 1.76. The highest BCUT2D eigenvalue weighted by molar-refractivity contribution is 5.62. The zero-order valence-corrected chi connectivity index (χ0v) is 8.67. The van der Waals surface area contributed by atoms with E-state index in [4.69, 9.17) is 0 Å². The van der Waals surface area contributed by atoms with Crippen LogP contribution in [-0.2, 0) is 0 Å². The van der Waals surface area contributed by atoms with E-state index in [1.807, 2.05) is 18.5 Å². The van der Waals surface area contributed by atoms with Gasteiger partial charge < -0.3 is 0 Å². The topological polar surface area (TPSA) is 74.6 Å². The summed E-state index contributed by atoms with van der Waals surface area (Å²) in [7, 11) is 0. The molecule has 3 heterocycles. The third-order valence-corrected chi connectivity index (χ3v) is 2.53. The maximum Gasteiger partial charge on any atom is 0.168 e. The minimum atomic E-state index is -0.106. The van der Waals surface area contributed by atoms with Crippen molar-refractivity contribution in [1.82, 2.24) is 20.6 Å². The van der Waals surface area contributed by atoms with E-state index in [0.717, 1.165) is 18.8 Å². The summed E-state index contributed by atoms with van der Waals surface area (Å²) in [5.74, 6) is 0.704. The van der Waals surface area contributed by atoms with Crippen LogP contribution in [0.5, 0.6) is 0 Å². The van der Waals surface area contributed by atoms with Gasteiger partial charge in [-0.25, -0.2) is 9.97 Å². The summed E-state index contributed by atoms with van der Waals surface area (Å²) in [4.78, 5) is 17.2. The summed E-state index contributed by atoms with van der Waals surface area (Å²) < 4.78 is 0. The first kappa shape index (κ1) is 9.56. The number of nitrogens with one attached hydrogen (secondary N) is 2. The lowest BCUT2D eigenvalue weighted by Gasteiger charge is -2.11. The molecular weight excluding hydrogens is 204 g/mol. The van der Waals surface area contributed by atoms with Crippen LogP contribution in [0.15, 0.2) is 22.2 Å². The van der Waals surface area contributed by atoms with Gasteiger partial charge in [-0.2, -0.15) is 0 Å². The van der Waals surface area contributed by atoms with Gasteiger partial charge in [0.2, 0.25) is 0 Å². The van der Waals surface area contributed by atoms with Gasteiger partial charge in [-0.05, 0) is 6.07 Å². The maximum absolute atomic E-state index is 4.47. The Kier molecular flexibility index (Phi) is 2.43. The van der Waals surface area contributed by atoms with Crippen molar-refractivity contribution in [2.24, 2.45) is 9.98 Å². The standard InChI is InChI=1S/C10H12N6/c1-2-11-10(9-14-5-6-15-9)16-7(1)8-12-3-4-13-8/h1-3,5,8-9,13,15H,4,6H2. The van der Waals surface area contributed by atoms with Crippen molar-refractivity contribution >= 4 is 12.4 Å². The van der Waals surface area contributed by atoms with E-state index in [0.29, 0.717) is 5.82 Å².